The van der Waals surface area contributed by atoms with E-state index in [1.807, 2.05) is 0 Å². The maximum Gasteiger partial charge on any atom is 0.340 e. The van der Waals surface area contributed by atoms with Gasteiger partial charge in [0.05, 0.1) is 11.9 Å². The van der Waals surface area contributed by atoms with E-state index in [1.165, 1.54) is 6.07 Å². The fraction of sp³-hybridized carbons (Fsp3) is 0.500. The summed E-state index contributed by atoms with van der Waals surface area (Å²) < 4.78 is 53.8. The van der Waals surface area contributed by atoms with E-state index in [2.05, 4.69) is 15.0 Å². The molecule has 1 aromatic heterocycles. The molecule has 0 aliphatic rings. The molecule has 0 bridgehead atoms. The predicted molar refractivity (Wildman–Crippen MR) is 75.4 cm³/mol. The number of hydrogen-bond donors (Lipinski definition) is 2. The summed E-state index contributed by atoms with van der Waals surface area (Å²) in [5.74, 6) is -5.85. The number of ether oxygens (including phenoxy) is 1. The molecule has 24 heavy (non-hydrogen) atoms. The van der Waals surface area contributed by atoms with Gasteiger partial charge in [0, 0.05) is 18.9 Å². The quantitative estimate of drug-likeness (QED) is 0.499. The maximum atomic E-state index is 12.7. The largest absolute Gasteiger partial charge is 0.481 e. The van der Waals surface area contributed by atoms with E-state index >= 15 is 0 Å². The molecule has 0 saturated heterocycles. The van der Waals surface area contributed by atoms with Crippen molar-refractivity contribution in [3.05, 3.63) is 18.3 Å². The van der Waals surface area contributed by atoms with Crippen LogP contribution in [0.5, 0.6) is 5.88 Å². The monoisotopic (exact) mass is 352 g/mol. The first-order valence-corrected chi connectivity index (χ1v) is 6.97. The Bertz CT molecular complexity index is 552. The summed E-state index contributed by atoms with van der Waals surface area (Å²) in [6.45, 7) is -1.51. The van der Waals surface area contributed by atoms with Crippen molar-refractivity contribution in [1.82, 2.24) is 4.98 Å². The summed E-state index contributed by atoms with van der Waals surface area (Å²) in [5.41, 5.74) is 0.270. The lowest BCUT2D eigenvalue weighted by atomic mass is 10.2. The Morgan fingerprint density at radius 3 is 2.46 bits per heavy atom. The molecular formula is C14H16F4N2O4. The van der Waals surface area contributed by atoms with Crippen LogP contribution < -0.4 is 10.1 Å². The molecule has 0 unspecified atom stereocenters. The summed E-state index contributed by atoms with van der Waals surface area (Å²) in [4.78, 5) is 25.5. The summed E-state index contributed by atoms with van der Waals surface area (Å²) in [7, 11) is 0. The van der Waals surface area contributed by atoms with Crippen LogP contribution in [0.4, 0.5) is 23.2 Å². The number of hydrogen-bond acceptors (Lipinski definition) is 4. The molecule has 0 saturated carbocycles. The first kappa shape index (κ1) is 19.7. The van der Waals surface area contributed by atoms with E-state index in [1.54, 1.807) is 0 Å². The summed E-state index contributed by atoms with van der Waals surface area (Å²) in [5, 5.41) is 10.9. The minimum atomic E-state index is -4.27. The highest BCUT2D eigenvalue weighted by atomic mass is 19.3. The molecule has 0 aliphatic carbocycles. The van der Waals surface area contributed by atoms with E-state index in [-0.39, 0.29) is 30.3 Å². The summed E-state index contributed by atoms with van der Waals surface area (Å²) in [6.07, 6.45) is -1.85. The van der Waals surface area contributed by atoms with Gasteiger partial charge in [-0.3, -0.25) is 9.59 Å². The van der Waals surface area contributed by atoms with E-state index < -0.39 is 24.9 Å². The Labute approximate surface area is 134 Å². The van der Waals surface area contributed by atoms with Crippen molar-refractivity contribution >= 4 is 17.6 Å². The number of alkyl halides is 4. The number of carbonyl (C=O) groups is 2. The minimum absolute atomic E-state index is 0.0237. The first-order chi connectivity index (χ1) is 11.2. The van der Waals surface area contributed by atoms with Crippen molar-refractivity contribution < 1.29 is 37.0 Å². The lowest BCUT2D eigenvalue weighted by Crippen LogP contribution is -2.33. The Morgan fingerprint density at radius 2 is 1.92 bits per heavy atom. The smallest absolute Gasteiger partial charge is 0.340 e. The molecule has 0 fully saturated rings. The molecule has 10 heteroatoms. The average Bonchev–Trinajstić information content (AvgIpc) is 2.50. The van der Waals surface area contributed by atoms with E-state index in [9.17, 15) is 27.2 Å². The number of pyridine rings is 1. The van der Waals surface area contributed by atoms with Gasteiger partial charge in [-0.2, -0.15) is 8.78 Å². The highest BCUT2D eigenvalue weighted by Crippen LogP contribution is 2.24. The molecule has 0 radical (unpaired) electrons. The van der Waals surface area contributed by atoms with Crippen LogP contribution in [0.2, 0.25) is 0 Å². The lowest BCUT2D eigenvalue weighted by Gasteiger charge is -2.15. The standard InChI is InChI=1S/C14H16F4N2O4/c15-13(16)14(17,18)8-24-11-6-5-9(7-19-11)20-10(21)3-1-2-4-12(22)23/h5-7,13H,1-4,8H2,(H,20,21)(H,22,23). The predicted octanol–water partition coefficient (Wildman–Crippen LogP) is 2.94. The highest BCUT2D eigenvalue weighted by molar-refractivity contribution is 5.90. The molecule has 1 aromatic rings. The van der Waals surface area contributed by atoms with Crippen molar-refractivity contribution in [2.45, 2.75) is 38.0 Å². The first-order valence-electron chi connectivity index (χ1n) is 6.97. The molecule has 0 atom stereocenters. The van der Waals surface area contributed by atoms with Gasteiger partial charge < -0.3 is 15.2 Å². The number of halogens is 4. The van der Waals surface area contributed by atoms with Gasteiger partial charge >= 0.3 is 18.3 Å². The van der Waals surface area contributed by atoms with Gasteiger partial charge in [0.15, 0.2) is 6.61 Å². The third-order valence-electron chi connectivity index (χ3n) is 2.80. The van der Waals surface area contributed by atoms with Gasteiger partial charge in [0.25, 0.3) is 0 Å². The zero-order valence-electron chi connectivity index (χ0n) is 12.5. The molecule has 1 heterocycles. The molecule has 1 rings (SSSR count). The van der Waals surface area contributed by atoms with E-state index in [4.69, 9.17) is 5.11 Å². The summed E-state index contributed by atoms with van der Waals surface area (Å²) in [6, 6.07) is 2.47. The SMILES string of the molecule is O=C(O)CCCCC(=O)Nc1ccc(OCC(F)(F)C(F)F)nc1. The number of carboxylic acid groups (broad SMARTS) is 1. The van der Waals surface area contributed by atoms with Crippen LogP contribution in [0, 0.1) is 0 Å². The third kappa shape index (κ3) is 7.25. The zero-order chi connectivity index (χ0) is 18.2. The molecular weight excluding hydrogens is 336 g/mol. The number of unbranched alkanes of at least 4 members (excludes halogenated alkanes) is 1. The summed E-state index contributed by atoms with van der Waals surface area (Å²) >= 11 is 0. The highest BCUT2D eigenvalue weighted by Gasteiger charge is 2.41. The van der Waals surface area contributed by atoms with Gasteiger partial charge in [-0.05, 0) is 18.9 Å². The zero-order valence-corrected chi connectivity index (χ0v) is 12.5. The Hall–Kier alpha value is -2.39. The van der Waals surface area contributed by atoms with Crippen LogP contribution in [-0.4, -0.2) is 40.9 Å². The van der Waals surface area contributed by atoms with Crippen LogP contribution in [0.25, 0.3) is 0 Å². The molecule has 0 aliphatic heterocycles. The number of nitrogens with zero attached hydrogens (tertiary/aromatic N) is 1. The molecule has 0 spiro atoms. The van der Waals surface area contributed by atoms with Gasteiger partial charge in [0.2, 0.25) is 11.8 Å². The van der Waals surface area contributed by atoms with Crippen molar-refractivity contribution in [3.8, 4) is 5.88 Å². The number of nitrogens with one attached hydrogen (secondary N) is 1. The van der Waals surface area contributed by atoms with Gasteiger partial charge in [-0.15, -0.1) is 0 Å². The normalized spacial score (nSPS) is 11.4. The average molecular weight is 352 g/mol. The van der Waals surface area contributed by atoms with Crippen molar-refractivity contribution in [1.29, 1.82) is 0 Å². The second-order valence-corrected chi connectivity index (χ2v) is 4.88. The maximum absolute atomic E-state index is 12.7. The topological polar surface area (TPSA) is 88.5 Å². The molecule has 0 aromatic carbocycles. The van der Waals surface area contributed by atoms with Crippen LogP contribution in [0.15, 0.2) is 18.3 Å². The Morgan fingerprint density at radius 1 is 1.25 bits per heavy atom. The minimum Gasteiger partial charge on any atom is -0.481 e. The fourth-order valence-electron chi connectivity index (χ4n) is 1.56. The third-order valence-corrected chi connectivity index (χ3v) is 2.80. The lowest BCUT2D eigenvalue weighted by molar-refractivity contribution is -0.148. The van der Waals surface area contributed by atoms with Crippen LogP contribution >= 0.6 is 0 Å². The number of carbonyl (C=O) groups excluding carboxylic acids is 1. The Kier molecular flexibility index (Phi) is 7.40. The fourth-order valence-corrected chi connectivity index (χ4v) is 1.56. The van der Waals surface area contributed by atoms with E-state index in [0.29, 0.717) is 12.8 Å². The van der Waals surface area contributed by atoms with Crippen molar-refractivity contribution in [2.75, 3.05) is 11.9 Å². The number of anilines is 1. The van der Waals surface area contributed by atoms with Gasteiger partial charge in [-0.25, -0.2) is 13.8 Å². The van der Waals surface area contributed by atoms with Crippen molar-refractivity contribution in [2.24, 2.45) is 0 Å². The number of carboxylic acids is 1. The molecule has 6 nitrogen and oxygen atoms in total. The Balaban J connectivity index is 2.39. The van der Waals surface area contributed by atoms with Crippen LogP contribution in [0.3, 0.4) is 0 Å². The van der Waals surface area contributed by atoms with Crippen molar-refractivity contribution in [3.63, 3.8) is 0 Å². The van der Waals surface area contributed by atoms with Gasteiger partial charge in [-0.1, -0.05) is 0 Å². The number of amides is 1. The number of aliphatic carboxylic acids is 1. The van der Waals surface area contributed by atoms with E-state index in [0.717, 1.165) is 12.3 Å². The number of rotatable bonds is 10. The second kappa shape index (κ2) is 9.04. The van der Waals surface area contributed by atoms with Gasteiger partial charge in [0.1, 0.15) is 0 Å². The second-order valence-electron chi connectivity index (χ2n) is 4.88. The van der Waals surface area contributed by atoms with Crippen LogP contribution in [0.1, 0.15) is 25.7 Å². The van der Waals surface area contributed by atoms with Crippen LogP contribution in [-0.2, 0) is 9.59 Å². The molecule has 134 valence electrons. The molecule has 2 N–H and O–H groups in total. The number of aromatic nitrogens is 1. The molecule has 1 amide bonds.